The van der Waals surface area contributed by atoms with Crippen molar-refractivity contribution in [3.05, 3.63) is 83.2 Å². The van der Waals surface area contributed by atoms with Gasteiger partial charge in [-0.3, -0.25) is 4.68 Å². The van der Waals surface area contributed by atoms with Gasteiger partial charge in [0.05, 0.1) is 23.4 Å². The van der Waals surface area contributed by atoms with E-state index in [-0.39, 0.29) is 5.75 Å². The van der Waals surface area contributed by atoms with Crippen molar-refractivity contribution in [2.45, 2.75) is 31.8 Å². The minimum absolute atomic E-state index is 0.103. The highest BCUT2D eigenvalue weighted by molar-refractivity contribution is 7.91. The second kappa shape index (κ2) is 8.71. The zero-order chi connectivity index (χ0) is 20.1. The molecule has 0 radical (unpaired) electrons. The number of sulfone groups is 1. The molecule has 6 heteroatoms. The topological polar surface area (TPSA) is 55.2 Å². The van der Waals surface area contributed by atoms with Crippen LogP contribution in [-0.2, 0) is 22.9 Å². The quantitative estimate of drug-likeness (QED) is 0.584. The van der Waals surface area contributed by atoms with Crippen LogP contribution in [0.3, 0.4) is 0 Å². The van der Waals surface area contributed by atoms with Gasteiger partial charge in [-0.15, -0.1) is 0 Å². The maximum absolute atomic E-state index is 12.7. The Kier molecular flexibility index (Phi) is 6.31. The van der Waals surface area contributed by atoms with Crippen LogP contribution < -0.4 is 0 Å². The molecule has 0 bridgehead atoms. The Hall–Kier alpha value is -2.44. The van der Waals surface area contributed by atoms with Gasteiger partial charge in [-0.1, -0.05) is 42.5 Å². The van der Waals surface area contributed by atoms with E-state index in [9.17, 15) is 8.42 Å². The maximum atomic E-state index is 12.7. The summed E-state index contributed by atoms with van der Waals surface area (Å²) < 4.78 is 27.4. The summed E-state index contributed by atoms with van der Waals surface area (Å²) in [5, 5.41) is 4.41. The summed E-state index contributed by atoms with van der Waals surface area (Å²) in [6.45, 7) is 5.62. The number of hydrogen-bond donors (Lipinski definition) is 0. The third-order valence-corrected chi connectivity index (χ3v) is 6.58. The van der Waals surface area contributed by atoms with Crippen LogP contribution in [0.25, 0.3) is 0 Å². The van der Waals surface area contributed by atoms with Crippen molar-refractivity contribution < 1.29 is 8.42 Å². The van der Waals surface area contributed by atoms with Gasteiger partial charge in [-0.05, 0) is 43.7 Å². The van der Waals surface area contributed by atoms with Crippen LogP contribution in [0, 0.1) is 13.8 Å². The maximum Gasteiger partial charge on any atom is 0.179 e. The Morgan fingerprint density at radius 2 is 1.79 bits per heavy atom. The van der Waals surface area contributed by atoms with Crippen LogP contribution in [-0.4, -0.2) is 42.4 Å². The zero-order valence-corrected chi connectivity index (χ0v) is 17.5. The summed E-state index contributed by atoms with van der Waals surface area (Å²) in [7, 11) is -1.36. The lowest BCUT2D eigenvalue weighted by Gasteiger charge is -2.16. The average Bonchev–Trinajstić information content (AvgIpc) is 3.09. The molecule has 2 aromatic carbocycles. The van der Waals surface area contributed by atoms with E-state index in [4.69, 9.17) is 0 Å². The van der Waals surface area contributed by atoms with Gasteiger partial charge in [-0.25, -0.2) is 8.42 Å². The fourth-order valence-corrected chi connectivity index (χ4v) is 4.86. The van der Waals surface area contributed by atoms with Gasteiger partial charge in [-0.2, -0.15) is 5.10 Å². The SMILES string of the molecule is Cc1ccc(C)c(S(=O)(=O)CCN(C)Cc2cnn(Cc3ccccc3)c2)c1. The molecule has 0 spiro atoms. The lowest BCUT2D eigenvalue weighted by atomic mass is 10.2. The molecule has 1 heterocycles. The van der Waals surface area contributed by atoms with E-state index in [2.05, 4.69) is 17.2 Å². The normalized spacial score (nSPS) is 11.9. The molecule has 5 nitrogen and oxygen atoms in total. The number of rotatable bonds is 8. The molecule has 28 heavy (non-hydrogen) atoms. The molecular weight excluding hydrogens is 370 g/mol. The first kappa shape index (κ1) is 20.3. The van der Waals surface area contributed by atoms with Crippen LogP contribution >= 0.6 is 0 Å². The molecule has 0 aliphatic carbocycles. The number of nitrogens with zero attached hydrogens (tertiary/aromatic N) is 3. The van der Waals surface area contributed by atoms with E-state index in [0.717, 1.165) is 23.2 Å². The number of aromatic nitrogens is 2. The monoisotopic (exact) mass is 397 g/mol. The van der Waals surface area contributed by atoms with Crippen LogP contribution in [0.1, 0.15) is 22.3 Å². The Bertz CT molecular complexity index is 1030. The second-order valence-electron chi connectivity index (χ2n) is 7.36. The third-order valence-electron chi connectivity index (χ3n) is 4.75. The van der Waals surface area contributed by atoms with Crippen molar-refractivity contribution in [3.63, 3.8) is 0 Å². The fraction of sp³-hybridized carbons (Fsp3) is 0.318. The van der Waals surface area contributed by atoms with E-state index in [1.54, 1.807) is 6.07 Å². The first-order valence-corrected chi connectivity index (χ1v) is 11.0. The molecule has 3 aromatic rings. The van der Waals surface area contributed by atoms with Crippen molar-refractivity contribution in [2.75, 3.05) is 19.3 Å². The summed E-state index contributed by atoms with van der Waals surface area (Å²) in [4.78, 5) is 2.46. The molecule has 0 unspecified atom stereocenters. The molecular formula is C22H27N3O2S. The van der Waals surface area contributed by atoms with Gasteiger partial charge in [0.15, 0.2) is 9.84 Å². The van der Waals surface area contributed by atoms with Gasteiger partial charge < -0.3 is 4.90 Å². The molecule has 0 fully saturated rings. The van der Waals surface area contributed by atoms with Gasteiger partial charge in [0, 0.05) is 24.8 Å². The second-order valence-corrected chi connectivity index (χ2v) is 9.43. The van der Waals surface area contributed by atoms with E-state index in [0.29, 0.717) is 18.0 Å². The van der Waals surface area contributed by atoms with E-state index < -0.39 is 9.84 Å². The van der Waals surface area contributed by atoms with Gasteiger partial charge >= 0.3 is 0 Å². The van der Waals surface area contributed by atoms with Crippen molar-refractivity contribution in [1.29, 1.82) is 0 Å². The number of hydrogen-bond acceptors (Lipinski definition) is 4. The first-order valence-electron chi connectivity index (χ1n) is 9.37. The van der Waals surface area contributed by atoms with Gasteiger partial charge in [0.2, 0.25) is 0 Å². The summed E-state index contributed by atoms with van der Waals surface area (Å²) in [6.07, 6.45) is 3.86. The molecule has 0 N–H and O–H groups in total. The minimum atomic E-state index is -3.30. The average molecular weight is 398 g/mol. The highest BCUT2D eigenvalue weighted by Crippen LogP contribution is 2.18. The fourth-order valence-electron chi connectivity index (χ4n) is 3.16. The number of benzene rings is 2. The minimum Gasteiger partial charge on any atom is -0.301 e. The van der Waals surface area contributed by atoms with Crippen molar-refractivity contribution in [3.8, 4) is 0 Å². The number of aryl methyl sites for hydroxylation is 2. The van der Waals surface area contributed by atoms with Crippen LogP contribution in [0.15, 0.2) is 65.8 Å². The summed E-state index contributed by atoms with van der Waals surface area (Å²) in [5.74, 6) is 0.103. The summed E-state index contributed by atoms with van der Waals surface area (Å²) >= 11 is 0. The largest absolute Gasteiger partial charge is 0.301 e. The van der Waals surface area contributed by atoms with Crippen molar-refractivity contribution in [1.82, 2.24) is 14.7 Å². The summed E-state index contributed by atoms with van der Waals surface area (Å²) in [5.41, 5.74) is 4.03. The van der Waals surface area contributed by atoms with Crippen LogP contribution in [0.2, 0.25) is 0 Å². The standard InChI is InChI=1S/C22H27N3O2S/c1-18-9-10-19(2)22(13-18)28(26,27)12-11-24(3)15-21-14-23-25(17-21)16-20-7-5-4-6-8-20/h4-10,13-14,17H,11-12,15-16H2,1-3H3. The lowest BCUT2D eigenvalue weighted by Crippen LogP contribution is -2.25. The predicted molar refractivity (Wildman–Crippen MR) is 112 cm³/mol. The Labute approximate surface area is 167 Å². The molecule has 0 saturated heterocycles. The Morgan fingerprint density at radius 3 is 2.54 bits per heavy atom. The van der Waals surface area contributed by atoms with E-state index in [1.807, 2.05) is 73.2 Å². The highest BCUT2D eigenvalue weighted by atomic mass is 32.2. The molecule has 0 saturated carbocycles. The van der Waals surface area contributed by atoms with Crippen molar-refractivity contribution in [2.24, 2.45) is 0 Å². The van der Waals surface area contributed by atoms with Gasteiger partial charge in [0.1, 0.15) is 0 Å². The summed E-state index contributed by atoms with van der Waals surface area (Å²) in [6, 6.07) is 15.8. The molecule has 0 atom stereocenters. The smallest absolute Gasteiger partial charge is 0.179 e. The highest BCUT2D eigenvalue weighted by Gasteiger charge is 2.18. The lowest BCUT2D eigenvalue weighted by molar-refractivity contribution is 0.346. The molecule has 3 rings (SSSR count). The van der Waals surface area contributed by atoms with E-state index in [1.165, 1.54) is 5.56 Å². The van der Waals surface area contributed by atoms with Crippen molar-refractivity contribution >= 4 is 9.84 Å². The predicted octanol–water partition coefficient (Wildman–Crippen LogP) is 3.45. The first-order chi connectivity index (χ1) is 13.3. The molecule has 0 amide bonds. The van der Waals surface area contributed by atoms with E-state index >= 15 is 0 Å². The Morgan fingerprint density at radius 1 is 1.04 bits per heavy atom. The Balaban J connectivity index is 1.57. The molecule has 1 aromatic heterocycles. The molecule has 0 aliphatic heterocycles. The molecule has 0 aliphatic rings. The zero-order valence-electron chi connectivity index (χ0n) is 16.7. The third kappa shape index (κ3) is 5.30. The van der Waals surface area contributed by atoms with Crippen LogP contribution in [0.4, 0.5) is 0 Å². The van der Waals surface area contributed by atoms with Crippen LogP contribution in [0.5, 0.6) is 0 Å². The van der Waals surface area contributed by atoms with Gasteiger partial charge in [0.25, 0.3) is 0 Å². The molecule has 148 valence electrons.